The molecule has 3 rings (SSSR count). The van der Waals surface area contributed by atoms with Crippen LogP contribution in [-0.4, -0.2) is 22.5 Å². The molecule has 6 heteroatoms. The van der Waals surface area contributed by atoms with Gasteiger partial charge in [-0.15, -0.1) is 0 Å². The van der Waals surface area contributed by atoms with Gasteiger partial charge in [0.25, 0.3) is 5.91 Å². The maximum atomic E-state index is 12.7. The smallest absolute Gasteiger partial charge is 0.266 e. The molecule has 1 fully saturated rings. The number of thioether (sulfide) groups is 1. The lowest BCUT2D eigenvalue weighted by atomic mass is 10.2. The molecule has 128 valence electrons. The van der Waals surface area contributed by atoms with Crippen LogP contribution >= 0.6 is 35.0 Å². The number of aliphatic imine (C=N–C) groups is 1. The molecule has 0 saturated carbocycles. The number of aryl methyl sites for hydroxylation is 1. The van der Waals surface area contributed by atoms with Crippen molar-refractivity contribution in [3.05, 3.63) is 68.5 Å². The van der Waals surface area contributed by atoms with Crippen molar-refractivity contribution >= 4 is 57.8 Å². The summed E-state index contributed by atoms with van der Waals surface area (Å²) in [4.78, 5) is 19.6. The Morgan fingerprint density at radius 2 is 1.92 bits per heavy atom. The topological polar surface area (TPSA) is 32.7 Å². The van der Waals surface area contributed by atoms with E-state index in [9.17, 15) is 4.79 Å². The fourth-order valence-corrected chi connectivity index (χ4v) is 3.84. The zero-order chi connectivity index (χ0) is 18.0. The Hall–Kier alpha value is -1.75. The first-order chi connectivity index (χ1) is 12.0. The van der Waals surface area contributed by atoms with E-state index in [1.54, 1.807) is 17.0 Å². The Labute approximate surface area is 161 Å². The van der Waals surface area contributed by atoms with Crippen LogP contribution in [0.4, 0.5) is 5.69 Å². The second-order valence-corrected chi connectivity index (χ2v) is 7.28. The maximum Gasteiger partial charge on any atom is 0.266 e. The molecule has 1 aliphatic rings. The number of para-hydroxylation sites is 1. The minimum Gasteiger partial charge on any atom is -0.287 e. The minimum atomic E-state index is -0.0733. The fraction of sp³-hybridized carbons (Fsp3) is 0.158. The predicted molar refractivity (Wildman–Crippen MR) is 108 cm³/mol. The van der Waals surface area contributed by atoms with E-state index >= 15 is 0 Å². The molecule has 0 spiro atoms. The molecule has 0 radical (unpaired) electrons. The van der Waals surface area contributed by atoms with Gasteiger partial charge in [-0.25, -0.2) is 4.99 Å². The Morgan fingerprint density at radius 1 is 1.16 bits per heavy atom. The first-order valence-electron chi connectivity index (χ1n) is 7.81. The van der Waals surface area contributed by atoms with Crippen LogP contribution in [0.15, 0.2) is 52.4 Å². The first kappa shape index (κ1) is 18.1. The van der Waals surface area contributed by atoms with Gasteiger partial charge in [0.1, 0.15) is 0 Å². The highest BCUT2D eigenvalue weighted by Crippen LogP contribution is 2.36. The van der Waals surface area contributed by atoms with Crippen LogP contribution in [0.2, 0.25) is 10.0 Å². The summed E-state index contributed by atoms with van der Waals surface area (Å²) in [5.41, 5.74) is 2.64. The quantitative estimate of drug-likeness (QED) is 0.608. The van der Waals surface area contributed by atoms with Gasteiger partial charge in [-0.2, -0.15) is 0 Å². The van der Waals surface area contributed by atoms with Crippen molar-refractivity contribution in [3.63, 3.8) is 0 Å². The number of halogens is 2. The molecule has 2 aromatic carbocycles. The largest absolute Gasteiger partial charge is 0.287 e. The van der Waals surface area contributed by atoms with E-state index in [2.05, 4.69) is 4.99 Å². The number of benzene rings is 2. The zero-order valence-electron chi connectivity index (χ0n) is 13.8. The van der Waals surface area contributed by atoms with Crippen molar-refractivity contribution in [2.45, 2.75) is 13.8 Å². The number of rotatable bonds is 3. The van der Waals surface area contributed by atoms with E-state index in [-0.39, 0.29) is 5.91 Å². The third-order valence-electron chi connectivity index (χ3n) is 3.80. The molecular weight excluding hydrogens is 375 g/mol. The summed E-state index contributed by atoms with van der Waals surface area (Å²) >= 11 is 13.6. The monoisotopic (exact) mass is 390 g/mol. The van der Waals surface area contributed by atoms with Gasteiger partial charge >= 0.3 is 0 Å². The number of amidine groups is 1. The molecule has 0 aromatic heterocycles. The summed E-state index contributed by atoms with van der Waals surface area (Å²) in [6.07, 6.45) is 1.77. The Morgan fingerprint density at radius 3 is 2.64 bits per heavy atom. The Bertz CT molecular complexity index is 893. The molecule has 0 aliphatic carbocycles. The lowest BCUT2D eigenvalue weighted by Crippen LogP contribution is -2.28. The molecule has 25 heavy (non-hydrogen) atoms. The zero-order valence-corrected chi connectivity index (χ0v) is 16.1. The van der Waals surface area contributed by atoms with Gasteiger partial charge in [0.2, 0.25) is 0 Å². The Balaban J connectivity index is 1.99. The average molecular weight is 391 g/mol. The molecule has 1 heterocycles. The van der Waals surface area contributed by atoms with Crippen molar-refractivity contribution in [3.8, 4) is 0 Å². The SMILES string of the molecule is CCN1C(=O)/C(=C\c2cccc(Cl)c2Cl)SC1=Nc1ccccc1C. The van der Waals surface area contributed by atoms with Crippen LogP contribution in [0.5, 0.6) is 0 Å². The molecule has 3 nitrogen and oxygen atoms in total. The minimum absolute atomic E-state index is 0.0733. The van der Waals surface area contributed by atoms with E-state index in [1.165, 1.54) is 11.8 Å². The van der Waals surface area contributed by atoms with Gasteiger partial charge in [-0.05, 0) is 54.9 Å². The Kier molecular flexibility index (Phi) is 5.52. The summed E-state index contributed by atoms with van der Waals surface area (Å²) in [7, 11) is 0. The van der Waals surface area contributed by atoms with E-state index < -0.39 is 0 Å². The number of hydrogen-bond acceptors (Lipinski definition) is 3. The highest BCUT2D eigenvalue weighted by Gasteiger charge is 2.32. The van der Waals surface area contributed by atoms with Crippen molar-refractivity contribution in [2.75, 3.05) is 6.54 Å². The number of hydrogen-bond donors (Lipinski definition) is 0. The van der Waals surface area contributed by atoms with Crippen LogP contribution in [0, 0.1) is 6.92 Å². The van der Waals surface area contributed by atoms with E-state index in [0.29, 0.717) is 26.7 Å². The van der Waals surface area contributed by atoms with Crippen LogP contribution in [0.1, 0.15) is 18.1 Å². The van der Waals surface area contributed by atoms with Crippen LogP contribution in [0.25, 0.3) is 6.08 Å². The maximum absolute atomic E-state index is 12.7. The van der Waals surface area contributed by atoms with Crippen molar-refractivity contribution in [1.29, 1.82) is 0 Å². The fourth-order valence-electron chi connectivity index (χ4n) is 2.44. The first-order valence-corrected chi connectivity index (χ1v) is 9.38. The van der Waals surface area contributed by atoms with Crippen molar-refractivity contribution in [2.24, 2.45) is 4.99 Å². The van der Waals surface area contributed by atoms with Gasteiger partial charge in [0.15, 0.2) is 5.17 Å². The predicted octanol–water partition coefficient (Wildman–Crippen LogP) is 5.93. The van der Waals surface area contributed by atoms with Gasteiger partial charge in [0.05, 0.1) is 20.6 Å². The standard InChI is InChI=1S/C19H16Cl2N2OS/c1-3-23-18(24)16(11-13-8-6-9-14(20)17(13)21)25-19(23)22-15-10-5-4-7-12(15)2/h4-11H,3H2,1-2H3/b16-11+,22-19?. The number of nitrogens with zero attached hydrogens (tertiary/aromatic N) is 2. The molecule has 0 unspecified atom stereocenters. The highest BCUT2D eigenvalue weighted by molar-refractivity contribution is 8.18. The molecule has 1 aliphatic heterocycles. The van der Waals surface area contributed by atoms with E-state index in [0.717, 1.165) is 16.8 Å². The molecule has 0 bridgehead atoms. The van der Waals surface area contributed by atoms with E-state index in [1.807, 2.05) is 50.2 Å². The molecule has 2 aromatic rings. The normalized spacial score (nSPS) is 17.8. The third kappa shape index (κ3) is 3.76. The van der Waals surface area contributed by atoms with Crippen molar-refractivity contribution in [1.82, 2.24) is 4.90 Å². The van der Waals surface area contributed by atoms with E-state index in [4.69, 9.17) is 23.2 Å². The number of carbonyl (C=O) groups excluding carboxylic acids is 1. The van der Waals surface area contributed by atoms with Crippen LogP contribution in [0.3, 0.4) is 0 Å². The summed E-state index contributed by atoms with van der Waals surface area (Å²) in [6, 6.07) is 13.2. The second-order valence-electron chi connectivity index (χ2n) is 5.48. The summed E-state index contributed by atoms with van der Waals surface area (Å²) in [5, 5.41) is 1.58. The third-order valence-corrected chi connectivity index (χ3v) is 5.64. The average Bonchev–Trinajstić information content (AvgIpc) is 2.89. The summed E-state index contributed by atoms with van der Waals surface area (Å²) in [6.45, 7) is 4.48. The lowest BCUT2D eigenvalue weighted by molar-refractivity contribution is -0.122. The van der Waals surface area contributed by atoms with Gasteiger partial charge < -0.3 is 0 Å². The van der Waals surface area contributed by atoms with Gasteiger partial charge in [0, 0.05) is 6.54 Å². The molecule has 1 amide bonds. The van der Waals surface area contributed by atoms with Gasteiger partial charge in [-0.1, -0.05) is 53.5 Å². The van der Waals surface area contributed by atoms with Crippen LogP contribution < -0.4 is 0 Å². The van der Waals surface area contributed by atoms with Gasteiger partial charge in [-0.3, -0.25) is 9.69 Å². The number of carbonyl (C=O) groups is 1. The van der Waals surface area contributed by atoms with Crippen molar-refractivity contribution < 1.29 is 4.79 Å². The molecular formula is C19H16Cl2N2OS. The second kappa shape index (κ2) is 7.65. The van der Waals surface area contributed by atoms with Crippen LogP contribution in [-0.2, 0) is 4.79 Å². The summed E-state index contributed by atoms with van der Waals surface area (Å²) in [5.74, 6) is -0.0733. The molecule has 0 N–H and O–H groups in total. The number of amides is 1. The molecule has 0 atom stereocenters. The highest BCUT2D eigenvalue weighted by atomic mass is 35.5. The summed E-state index contributed by atoms with van der Waals surface area (Å²) < 4.78 is 0. The number of likely N-dealkylation sites (N-methyl/N-ethyl adjacent to an activating group) is 1. The molecule has 1 saturated heterocycles. The lowest BCUT2D eigenvalue weighted by Gasteiger charge is -2.12.